The van der Waals surface area contributed by atoms with Crippen LogP contribution in [0.5, 0.6) is 5.75 Å². The molecule has 0 saturated carbocycles. The molecule has 0 spiro atoms. The van der Waals surface area contributed by atoms with Crippen molar-refractivity contribution in [3.8, 4) is 5.75 Å². The molecule has 94 valence electrons. The Balaban J connectivity index is 2.76. The molecule has 0 fully saturated rings. The van der Waals surface area contributed by atoms with Gasteiger partial charge in [0, 0.05) is 13.1 Å². The molecule has 0 saturated heterocycles. The van der Waals surface area contributed by atoms with Gasteiger partial charge in [-0.1, -0.05) is 12.1 Å². The van der Waals surface area contributed by atoms with Crippen LogP contribution in [0.4, 0.5) is 0 Å². The predicted octanol–water partition coefficient (Wildman–Crippen LogP) is 1.39. The maximum Gasteiger partial charge on any atom is 0.239 e. The van der Waals surface area contributed by atoms with Gasteiger partial charge in [-0.15, -0.1) is 0 Å². The summed E-state index contributed by atoms with van der Waals surface area (Å²) in [7, 11) is 1.63. The van der Waals surface area contributed by atoms with Gasteiger partial charge in [0.15, 0.2) is 0 Å². The third-order valence-corrected chi connectivity index (χ3v) is 2.59. The van der Waals surface area contributed by atoms with Gasteiger partial charge >= 0.3 is 0 Å². The molecule has 0 aromatic heterocycles. The van der Waals surface area contributed by atoms with Crippen LogP contribution in [0.25, 0.3) is 0 Å². The number of hydrogen-bond donors (Lipinski definition) is 1. The number of rotatable bonds is 5. The van der Waals surface area contributed by atoms with Gasteiger partial charge < -0.3 is 15.4 Å². The van der Waals surface area contributed by atoms with Crippen molar-refractivity contribution >= 4 is 5.91 Å². The molecule has 0 heterocycles. The Bertz CT molecular complexity index is 377. The van der Waals surface area contributed by atoms with Crippen molar-refractivity contribution < 1.29 is 9.53 Å². The molecule has 1 aromatic rings. The van der Waals surface area contributed by atoms with Crippen LogP contribution in [-0.2, 0) is 11.3 Å². The maximum absolute atomic E-state index is 11.8. The predicted molar refractivity (Wildman–Crippen MR) is 67.7 cm³/mol. The highest BCUT2D eigenvalue weighted by Crippen LogP contribution is 2.14. The van der Waals surface area contributed by atoms with E-state index in [0.717, 1.165) is 11.3 Å². The van der Waals surface area contributed by atoms with Gasteiger partial charge in [0.1, 0.15) is 5.75 Å². The number of methoxy groups -OCH3 is 1. The average Bonchev–Trinajstić information content (AvgIpc) is 2.35. The standard InChI is InChI=1S/C13H20N2O2/c1-4-15(13(16)10(2)14)9-11-6-5-7-12(8-11)17-3/h5-8,10H,4,9,14H2,1-3H3/t10-/m0/s1. The second kappa shape index (κ2) is 6.25. The summed E-state index contributed by atoms with van der Waals surface area (Å²) in [6.45, 7) is 4.86. The minimum absolute atomic E-state index is 0.0321. The van der Waals surface area contributed by atoms with Crippen molar-refractivity contribution in [3.05, 3.63) is 29.8 Å². The Morgan fingerprint density at radius 3 is 2.76 bits per heavy atom. The molecule has 0 radical (unpaired) electrons. The summed E-state index contributed by atoms with van der Waals surface area (Å²) in [5.41, 5.74) is 6.65. The zero-order chi connectivity index (χ0) is 12.8. The summed E-state index contributed by atoms with van der Waals surface area (Å²) < 4.78 is 5.15. The quantitative estimate of drug-likeness (QED) is 0.840. The zero-order valence-corrected chi connectivity index (χ0v) is 10.6. The lowest BCUT2D eigenvalue weighted by atomic mass is 10.2. The first-order chi connectivity index (χ1) is 8.08. The molecule has 0 bridgehead atoms. The number of amides is 1. The smallest absolute Gasteiger partial charge is 0.239 e. The van der Waals surface area contributed by atoms with Gasteiger partial charge in [0.2, 0.25) is 5.91 Å². The van der Waals surface area contributed by atoms with Crippen molar-refractivity contribution in [1.82, 2.24) is 4.90 Å². The highest BCUT2D eigenvalue weighted by molar-refractivity contribution is 5.81. The van der Waals surface area contributed by atoms with Crippen molar-refractivity contribution in [2.45, 2.75) is 26.4 Å². The normalized spacial score (nSPS) is 12.0. The Morgan fingerprint density at radius 1 is 1.53 bits per heavy atom. The van der Waals surface area contributed by atoms with Crippen LogP contribution in [0.2, 0.25) is 0 Å². The molecule has 4 heteroatoms. The van der Waals surface area contributed by atoms with E-state index >= 15 is 0 Å². The number of ether oxygens (including phenoxy) is 1. The molecular weight excluding hydrogens is 216 g/mol. The Kier molecular flexibility index (Phi) is 4.97. The van der Waals surface area contributed by atoms with Crippen LogP contribution in [0.15, 0.2) is 24.3 Å². The summed E-state index contributed by atoms with van der Waals surface area (Å²) in [4.78, 5) is 13.5. The lowest BCUT2D eigenvalue weighted by Gasteiger charge is -2.23. The van der Waals surface area contributed by atoms with Gasteiger partial charge in [0.05, 0.1) is 13.2 Å². The monoisotopic (exact) mass is 236 g/mol. The molecule has 1 atom stereocenters. The highest BCUT2D eigenvalue weighted by Gasteiger charge is 2.15. The average molecular weight is 236 g/mol. The van der Waals surface area contributed by atoms with E-state index in [1.807, 2.05) is 31.2 Å². The minimum atomic E-state index is -0.458. The van der Waals surface area contributed by atoms with E-state index < -0.39 is 6.04 Å². The van der Waals surface area contributed by atoms with Crippen molar-refractivity contribution in [1.29, 1.82) is 0 Å². The third kappa shape index (κ3) is 3.75. The van der Waals surface area contributed by atoms with E-state index in [9.17, 15) is 4.79 Å². The van der Waals surface area contributed by atoms with Gasteiger partial charge in [0.25, 0.3) is 0 Å². The number of nitrogens with two attached hydrogens (primary N) is 1. The zero-order valence-electron chi connectivity index (χ0n) is 10.6. The Morgan fingerprint density at radius 2 is 2.24 bits per heavy atom. The second-order valence-electron chi connectivity index (χ2n) is 3.99. The summed E-state index contributed by atoms with van der Waals surface area (Å²) in [6.07, 6.45) is 0. The molecule has 0 unspecified atom stereocenters. The molecule has 17 heavy (non-hydrogen) atoms. The summed E-state index contributed by atoms with van der Waals surface area (Å²) in [6, 6.07) is 7.24. The number of benzene rings is 1. The third-order valence-electron chi connectivity index (χ3n) is 2.59. The second-order valence-corrected chi connectivity index (χ2v) is 3.99. The molecule has 1 amide bonds. The molecule has 0 aliphatic carbocycles. The first-order valence-corrected chi connectivity index (χ1v) is 5.75. The lowest BCUT2D eigenvalue weighted by molar-refractivity contribution is -0.132. The van der Waals surface area contributed by atoms with Crippen LogP contribution in [0.1, 0.15) is 19.4 Å². The fourth-order valence-corrected chi connectivity index (χ4v) is 1.62. The molecule has 4 nitrogen and oxygen atoms in total. The number of likely N-dealkylation sites (N-methyl/N-ethyl adjacent to an activating group) is 1. The molecule has 1 rings (SSSR count). The van der Waals surface area contributed by atoms with E-state index in [-0.39, 0.29) is 5.91 Å². The van der Waals surface area contributed by atoms with Crippen molar-refractivity contribution in [2.24, 2.45) is 5.73 Å². The topological polar surface area (TPSA) is 55.6 Å². The SMILES string of the molecule is CCN(Cc1cccc(OC)c1)C(=O)[C@H](C)N. The van der Waals surface area contributed by atoms with Crippen LogP contribution in [0, 0.1) is 0 Å². The largest absolute Gasteiger partial charge is 0.497 e. The molecule has 0 aliphatic heterocycles. The Hall–Kier alpha value is -1.55. The van der Waals surface area contributed by atoms with Gasteiger partial charge in [-0.25, -0.2) is 0 Å². The van der Waals surface area contributed by atoms with E-state index in [1.54, 1.807) is 18.9 Å². The first-order valence-electron chi connectivity index (χ1n) is 5.75. The summed E-state index contributed by atoms with van der Waals surface area (Å²) >= 11 is 0. The van der Waals surface area contributed by atoms with E-state index in [2.05, 4.69) is 0 Å². The highest BCUT2D eigenvalue weighted by atomic mass is 16.5. The van der Waals surface area contributed by atoms with Gasteiger partial charge in [-0.2, -0.15) is 0 Å². The molecular formula is C13H20N2O2. The first kappa shape index (κ1) is 13.5. The van der Waals surface area contributed by atoms with Crippen molar-refractivity contribution in [2.75, 3.05) is 13.7 Å². The molecule has 0 aliphatic rings. The van der Waals surface area contributed by atoms with Crippen LogP contribution < -0.4 is 10.5 Å². The molecule has 2 N–H and O–H groups in total. The minimum Gasteiger partial charge on any atom is -0.497 e. The van der Waals surface area contributed by atoms with E-state index in [1.165, 1.54) is 0 Å². The van der Waals surface area contributed by atoms with Gasteiger partial charge in [-0.3, -0.25) is 4.79 Å². The van der Waals surface area contributed by atoms with Crippen molar-refractivity contribution in [3.63, 3.8) is 0 Å². The summed E-state index contributed by atoms with van der Waals surface area (Å²) in [5, 5.41) is 0. The van der Waals surface area contributed by atoms with Gasteiger partial charge in [-0.05, 0) is 31.5 Å². The number of nitrogens with zero attached hydrogens (tertiary/aromatic N) is 1. The fourth-order valence-electron chi connectivity index (χ4n) is 1.62. The number of carbonyl (C=O) groups excluding carboxylic acids is 1. The Labute approximate surface area is 102 Å². The van der Waals surface area contributed by atoms with E-state index in [0.29, 0.717) is 13.1 Å². The van der Waals surface area contributed by atoms with Crippen LogP contribution in [0.3, 0.4) is 0 Å². The number of hydrogen-bond acceptors (Lipinski definition) is 3. The van der Waals surface area contributed by atoms with Crippen LogP contribution in [-0.4, -0.2) is 30.5 Å². The molecule has 1 aromatic carbocycles. The number of carbonyl (C=O) groups is 1. The summed E-state index contributed by atoms with van der Waals surface area (Å²) in [5.74, 6) is 0.766. The maximum atomic E-state index is 11.8. The van der Waals surface area contributed by atoms with Crippen LogP contribution >= 0.6 is 0 Å². The lowest BCUT2D eigenvalue weighted by Crippen LogP contribution is -2.41. The fraction of sp³-hybridized carbons (Fsp3) is 0.462. The van der Waals surface area contributed by atoms with E-state index in [4.69, 9.17) is 10.5 Å².